The molecule has 29 heavy (non-hydrogen) atoms. The van der Waals surface area contributed by atoms with Gasteiger partial charge in [0.05, 0.1) is 17.8 Å². The number of aromatic nitrogens is 2. The molecule has 4 rings (SSSR count). The van der Waals surface area contributed by atoms with E-state index in [1.807, 2.05) is 13.2 Å². The fraction of sp³-hybridized carbons (Fsp3) is 0.636. The molecular formula is C22H34N6O. The van der Waals surface area contributed by atoms with Crippen LogP contribution in [0.3, 0.4) is 0 Å². The topological polar surface area (TPSA) is 67.5 Å². The second-order valence-corrected chi connectivity index (χ2v) is 8.69. The number of likely N-dealkylation sites (N-methyl/N-ethyl adjacent to an activating group) is 1. The molecule has 158 valence electrons. The Morgan fingerprint density at radius 3 is 2.62 bits per heavy atom. The highest BCUT2D eigenvalue weighted by molar-refractivity contribution is 5.84. The average molecular weight is 399 g/mol. The van der Waals surface area contributed by atoms with Crippen molar-refractivity contribution in [2.75, 3.05) is 53.4 Å². The summed E-state index contributed by atoms with van der Waals surface area (Å²) in [6.45, 7) is 8.13. The van der Waals surface area contributed by atoms with Crippen molar-refractivity contribution >= 4 is 16.8 Å². The number of carbonyl (C=O) groups is 1. The summed E-state index contributed by atoms with van der Waals surface area (Å²) in [5.41, 5.74) is 3.42. The summed E-state index contributed by atoms with van der Waals surface area (Å²) >= 11 is 0. The van der Waals surface area contributed by atoms with Crippen LogP contribution in [0.2, 0.25) is 0 Å². The van der Waals surface area contributed by atoms with Crippen molar-refractivity contribution in [1.82, 2.24) is 30.2 Å². The third-order valence-electron chi connectivity index (χ3n) is 6.72. The number of benzene rings is 1. The Morgan fingerprint density at radius 2 is 1.93 bits per heavy atom. The molecule has 7 heteroatoms. The lowest BCUT2D eigenvalue weighted by atomic mass is 10.00. The summed E-state index contributed by atoms with van der Waals surface area (Å²) in [7, 11) is 4.09. The van der Waals surface area contributed by atoms with Gasteiger partial charge in [0.1, 0.15) is 0 Å². The zero-order valence-corrected chi connectivity index (χ0v) is 17.9. The van der Waals surface area contributed by atoms with Crippen LogP contribution >= 0.6 is 0 Å². The van der Waals surface area contributed by atoms with Crippen LogP contribution in [0, 0.1) is 6.92 Å². The molecule has 7 nitrogen and oxygen atoms in total. The highest BCUT2D eigenvalue weighted by Gasteiger charge is 2.30. The van der Waals surface area contributed by atoms with Gasteiger partial charge in [-0.25, -0.2) is 0 Å². The first-order valence-electron chi connectivity index (χ1n) is 10.9. The number of fused-ring (bicyclic) bond motifs is 1. The lowest BCUT2D eigenvalue weighted by Crippen LogP contribution is -2.57. The Kier molecular flexibility index (Phi) is 6.18. The Bertz CT molecular complexity index is 833. The van der Waals surface area contributed by atoms with Crippen LogP contribution in [0.4, 0.5) is 0 Å². The van der Waals surface area contributed by atoms with E-state index in [4.69, 9.17) is 0 Å². The van der Waals surface area contributed by atoms with Gasteiger partial charge in [0.2, 0.25) is 5.91 Å². The molecule has 2 aliphatic heterocycles. The smallest absolute Gasteiger partial charge is 0.240 e. The van der Waals surface area contributed by atoms with E-state index in [9.17, 15) is 4.79 Å². The van der Waals surface area contributed by atoms with Gasteiger partial charge in [-0.15, -0.1) is 0 Å². The van der Waals surface area contributed by atoms with Crippen molar-refractivity contribution < 1.29 is 4.79 Å². The quantitative estimate of drug-likeness (QED) is 0.793. The molecule has 2 fully saturated rings. The van der Waals surface area contributed by atoms with Gasteiger partial charge in [-0.3, -0.25) is 14.8 Å². The van der Waals surface area contributed by atoms with Crippen LogP contribution in [0.5, 0.6) is 0 Å². The van der Waals surface area contributed by atoms with E-state index in [-0.39, 0.29) is 11.9 Å². The monoisotopic (exact) mass is 398 g/mol. The van der Waals surface area contributed by atoms with Gasteiger partial charge < -0.3 is 15.1 Å². The molecule has 1 atom stereocenters. The van der Waals surface area contributed by atoms with Gasteiger partial charge in [0.25, 0.3) is 0 Å². The summed E-state index contributed by atoms with van der Waals surface area (Å²) in [5, 5.41) is 11.5. The van der Waals surface area contributed by atoms with Crippen LogP contribution < -0.4 is 5.32 Å². The molecule has 2 saturated heterocycles. The second kappa shape index (κ2) is 8.81. The number of nitrogens with zero attached hydrogens (tertiary/aromatic N) is 4. The first kappa shape index (κ1) is 20.3. The Balaban J connectivity index is 1.35. The minimum Gasteiger partial charge on any atom is -0.339 e. The summed E-state index contributed by atoms with van der Waals surface area (Å²) in [4.78, 5) is 20.2. The van der Waals surface area contributed by atoms with Crippen LogP contribution in [0.1, 0.15) is 24.0 Å². The second-order valence-electron chi connectivity index (χ2n) is 8.69. The zero-order chi connectivity index (χ0) is 20.4. The summed E-state index contributed by atoms with van der Waals surface area (Å²) < 4.78 is 0. The van der Waals surface area contributed by atoms with Crippen LogP contribution in [-0.2, 0) is 11.2 Å². The van der Waals surface area contributed by atoms with Crippen molar-refractivity contribution in [3.63, 3.8) is 0 Å². The molecule has 1 aromatic carbocycles. The normalized spacial score (nSPS) is 21.0. The molecular weight excluding hydrogens is 364 g/mol. The average Bonchev–Trinajstić information content (AvgIpc) is 3.21. The minimum atomic E-state index is -0.186. The van der Waals surface area contributed by atoms with E-state index in [1.54, 1.807) is 0 Å². The van der Waals surface area contributed by atoms with E-state index in [0.29, 0.717) is 12.5 Å². The van der Waals surface area contributed by atoms with E-state index in [0.717, 1.165) is 37.1 Å². The van der Waals surface area contributed by atoms with E-state index >= 15 is 0 Å². The number of amides is 1. The zero-order valence-electron chi connectivity index (χ0n) is 17.9. The van der Waals surface area contributed by atoms with E-state index in [2.05, 4.69) is 56.3 Å². The maximum atomic E-state index is 13.2. The number of rotatable bonds is 5. The molecule has 0 saturated carbocycles. The lowest BCUT2D eigenvalue weighted by molar-refractivity contribution is -0.135. The Morgan fingerprint density at radius 1 is 1.21 bits per heavy atom. The van der Waals surface area contributed by atoms with Crippen molar-refractivity contribution in [3.05, 3.63) is 29.5 Å². The largest absolute Gasteiger partial charge is 0.339 e. The SMILES string of the molecule is CN[C@H](Cc1cc(C)c2[nH]ncc2c1)C(=O)N1CCN(C2CCN(C)CC2)CC1. The first-order valence-corrected chi connectivity index (χ1v) is 10.9. The fourth-order valence-corrected chi connectivity index (χ4v) is 4.87. The van der Waals surface area contributed by atoms with Crippen LogP contribution in [0.25, 0.3) is 10.9 Å². The molecule has 2 aliphatic rings. The van der Waals surface area contributed by atoms with Gasteiger partial charge in [0, 0.05) is 37.6 Å². The Hall–Kier alpha value is -1.96. The maximum absolute atomic E-state index is 13.2. The number of likely N-dealkylation sites (tertiary alicyclic amines) is 1. The van der Waals surface area contributed by atoms with Crippen molar-refractivity contribution in [2.24, 2.45) is 0 Å². The molecule has 2 N–H and O–H groups in total. The summed E-state index contributed by atoms with van der Waals surface area (Å²) in [6.07, 6.45) is 5.05. The molecule has 0 unspecified atom stereocenters. The summed E-state index contributed by atoms with van der Waals surface area (Å²) in [5.74, 6) is 0.223. The number of piperazine rings is 1. The molecule has 1 aromatic heterocycles. The van der Waals surface area contributed by atoms with Crippen LogP contribution in [0.15, 0.2) is 18.3 Å². The van der Waals surface area contributed by atoms with Crippen molar-refractivity contribution in [1.29, 1.82) is 0 Å². The van der Waals surface area contributed by atoms with Gasteiger partial charge in [-0.2, -0.15) is 5.10 Å². The van der Waals surface area contributed by atoms with Crippen molar-refractivity contribution in [2.45, 2.75) is 38.3 Å². The predicted molar refractivity (Wildman–Crippen MR) is 116 cm³/mol. The van der Waals surface area contributed by atoms with Gasteiger partial charge in [-0.05, 0) is 70.6 Å². The van der Waals surface area contributed by atoms with Gasteiger partial charge >= 0.3 is 0 Å². The predicted octanol–water partition coefficient (Wildman–Crippen LogP) is 1.24. The standard InChI is InChI=1S/C22H34N6O/c1-16-12-17(13-18-15-24-25-21(16)18)14-20(23-2)22(29)28-10-8-27(9-11-28)19-4-6-26(3)7-5-19/h12-13,15,19-20,23H,4-11,14H2,1-3H3,(H,24,25)/t20-/m1/s1. The fourth-order valence-electron chi connectivity index (χ4n) is 4.87. The van der Waals surface area contributed by atoms with Crippen molar-refractivity contribution in [3.8, 4) is 0 Å². The molecule has 0 spiro atoms. The number of nitrogens with one attached hydrogen (secondary N) is 2. The number of piperidine rings is 1. The minimum absolute atomic E-state index is 0.186. The number of hydrogen-bond acceptors (Lipinski definition) is 5. The highest BCUT2D eigenvalue weighted by atomic mass is 16.2. The van der Waals surface area contributed by atoms with Gasteiger partial charge in [0.15, 0.2) is 0 Å². The lowest BCUT2D eigenvalue weighted by Gasteiger charge is -2.42. The molecule has 0 bridgehead atoms. The maximum Gasteiger partial charge on any atom is 0.240 e. The third-order valence-corrected chi connectivity index (χ3v) is 6.72. The molecule has 1 amide bonds. The Labute approximate surface area is 173 Å². The van der Waals surface area contributed by atoms with Crippen LogP contribution in [-0.4, -0.2) is 96.3 Å². The number of hydrogen-bond donors (Lipinski definition) is 2. The molecule has 2 aromatic rings. The summed E-state index contributed by atoms with van der Waals surface area (Å²) in [6, 6.07) is 4.80. The molecule has 0 radical (unpaired) electrons. The molecule has 3 heterocycles. The van der Waals surface area contributed by atoms with E-state index in [1.165, 1.54) is 37.1 Å². The number of aryl methyl sites for hydroxylation is 1. The number of carbonyl (C=O) groups excluding carboxylic acids is 1. The first-order chi connectivity index (χ1) is 14.0. The number of aromatic amines is 1. The number of H-pyrrole nitrogens is 1. The van der Waals surface area contributed by atoms with Gasteiger partial charge in [-0.1, -0.05) is 6.07 Å². The van der Waals surface area contributed by atoms with E-state index < -0.39 is 0 Å². The highest BCUT2D eigenvalue weighted by Crippen LogP contribution is 2.21. The third kappa shape index (κ3) is 4.47. The molecule has 0 aliphatic carbocycles.